The maximum Gasteiger partial charge on any atom is 0.307 e. The number of carbonyl (C=O) groups excluding carboxylic acids is 1. The van der Waals surface area contributed by atoms with Crippen LogP contribution in [0.1, 0.15) is 16.3 Å². The Kier molecular flexibility index (Phi) is 4.11. The molecule has 0 fully saturated rings. The zero-order valence-electron chi connectivity index (χ0n) is 10.5. The van der Waals surface area contributed by atoms with E-state index in [4.69, 9.17) is 8.83 Å². The van der Waals surface area contributed by atoms with E-state index in [9.17, 15) is 4.79 Å². The van der Waals surface area contributed by atoms with Crippen molar-refractivity contribution in [3.63, 3.8) is 0 Å². The summed E-state index contributed by atoms with van der Waals surface area (Å²) in [5.74, 6) is 0.336. The Morgan fingerprint density at radius 3 is 2.81 bits per heavy atom. The van der Waals surface area contributed by atoms with Crippen LogP contribution in [0.2, 0.25) is 0 Å². The number of para-hydroxylation sites is 1. The van der Waals surface area contributed by atoms with Crippen LogP contribution in [-0.2, 0) is 0 Å². The maximum absolute atomic E-state index is 11.9. The molecule has 3 aromatic rings. The average Bonchev–Trinajstić information content (AvgIpc) is 3.03. The Bertz CT molecular complexity index is 785. The van der Waals surface area contributed by atoms with Gasteiger partial charge in [0, 0.05) is 34.0 Å². The fourth-order valence-corrected chi connectivity index (χ4v) is 2.45. The van der Waals surface area contributed by atoms with E-state index in [0.29, 0.717) is 11.3 Å². The van der Waals surface area contributed by atoms with Gasteiger partial charge in [-0.3, -0.25) is 4.79 Å². The minimum atomic E-state index is -0.414. The molecule has 0 spiro atoms. The van der Waals surface area contributed by atoms with Crippen LogP contribution in [0.4, 0.5) is 0 Å². The van der Waals surface area contributed by atoms with Crippen molar-refractivity contribution in [3.05, 3.63) is 56.2 Å². The van der Waals surface area contributed by atoms with Gasteiger partial charge in [-0.25, -0.2) is 5.43 Å². The molecule has 0 aliphatic heterocycles. The SMILES string of the molecule is O=C(N/N=C/c1cc(Br)c(I)o1)c1cc2ccccc2o1. The number of nitrogens with zero attached hydrogens (tertiary/aromatic N) is 1. The maximum atomic E-state index is 11.9. The average molecular weight is 459 g/mol. The standard InChI is InChI=1S/C14H8BrIN2O3/c15-10-6-9(20-13(10)16)7-17-18-14(19)12-5-8-3-1-2-4-11(8)21-12/h1-7H,(H,18,19)/b17-7+. The number of benzene rings is 1. The van der Waals surface area contributed by atoms with Crippen molar-refractivity contribution < 1.29 is 13.6 Å². The normalized spacial score (nSPS) is 11.3. The van der Waals surface area contributed by atoms with Crippen molar-refractivity contribution >= 4 is 61.6 Å². The van der Waals surface area contributed by atoms with E-state index >= 15 is 0 Å². The first-order valence-corrected chi connectivity index (χ1v) is 7.77. The second kappa shape index (κ2) is 6.02. The second-order valence-corrected chi connectivity index (χ2v) is 5.95. The number of nitrogens with one attached hydrogen (secondary N) is 1. The molecule has 0 bridgehead atoms. The Morgan fingerprint density at radius 2 is 2.10 bits per heavy atom. The summed E-state index contributed by atoms with van der Waals surface area (Å²) in [5.41, 5.74) is 3.06. The number of hydrogen-bond donors (Lipinski definition) is 1. The molecule has 21 heavy (non-hydrogen) atoms. The molecule has 106 valence electrons. The lowest BCUT2D eigenvalue weighted by Crippen LogP contribution is -2.16. The first-order chi connectivity index (χ1) is 10.1. The summed E-state index contributed by atoms with van der Waals surface area (Å²) in [6, 6.07) is 10.8. The third-order valence-electron chi connectivity index (χ3n) is 2.67. The first kappa shape index (κ1) is 14.3. The molecule has 0 aliphatic carbocycles. The number of halogens is 2. The molecule has 0 saturated carbocycles. The molecule has 7 heteroatoms. The Balaban J connectivity index is 1.71. The Morgan fingerprint density at radius 1 is 1.29 bits per heavy atom. The molecule has 2 heterocycles. The fraction of sp³-hybridized carbons (Fsp3) is 0. The molecule has 0 unspecified atom stereocenters. The predicted octanol–water partition coefficient (Wildman–Crippen LogP) is 4.16. The molecule has 0 radical (unpaired) electrons. The minimum absolute atomic E-state index is 0.212. The van der Waals surface area contributed by atoms with Gasteiger partial charge in [0.25, 0.3) is 0 Å². The molecule has 0 atom stereocenters. The second-order valence-electron chi connectivity index (χ2n) is 4.12. The van der Waals surface area contributed by atoms with Gasteiger partial charge in [0.1, 0.15) is 11.3 Å². The van der Waals surface area contributed by atoms with Crippen LogP contribution in [0.5, 0.6) is 0 Å². The Hall–Kier alpha value is -1.61. The van der Waals surface area contributed by atoms with Crippen LogP contribution < -0.4 is 5.43 Å². The van der Waals surface area contributed by atoms with Gasteiger partial charge in [-0.15, -0.1) is 0 Å². The zero-order valence-corrected chi connectivity index (χ0v) is 14.2. The number of carbonyl (C=O) groups is 1. The number of fused-ring (bicyclic) bond motifs is 1. The minimum Gasteiger partial charge on any atom is -0.451 e. The van der Waals surface area contributed by atoms with E-state index in [1.807, 2.05) is 40.8 Å². The molecule has 2 aromatic heterocycles. The molecular weight excluding hydrogens is 451 g/mol. The monoisotopic (exact) mass is 458 g/mol. The van der Waals surface area contributed by atoms with Crippen LogP contribution in [0.3, 0.4) is 0 Å². The fourth-order valence-electron chi connectivity index (χ4n) is 1.73. The molecule has 0 aliphatic rings. The highest BCUT2D eigenvalue weighted by atomic mass is 127. The number of hydrazone groups is 1. The van der Waals surface area contributed by atoms with Gasteiger partial charge in [-0.1, -0.05) is 18.2 Å². The quantitative estimate of drug-likeness (QED) is 0.364. The summed E-state index contributed by atoms with van der Waals surface area (Å²) in [5, 5.41) is 4.71. The van der Waals surface area contributed by atoms with E-state index in [-0.39, 0.29) is 5.76 Å². The first-order valence-electron chi connectivity index (χ1n) is 5.90. The summed E-state index contributed by atoms with van der Waals surface area (Å²) in [4.78, 5) is 11.9. The third-order valence-corrected chi connectivity index (χ3v) is 4.80. The summed E-state index contributed by atoms with van der Waals surface area (Å²) < 4.78 is 12.4. The molecular formula is C14H8BrIN2O3. The molecule has 3 rings (SSSR count). The lowest BCUT2D eigenvalue weighted by molar-refractivity contribution is 0.0929. The highest BCUT2D eigenvalue weighted by Gasteiger charge is 2.11. The largest absolute Gasteiger partial charge is 0.451 e. The van der Waals surface area contributed by atoms with Crippen molar-refractivity contribution in [2.75, 3.05) is 0 Å². The summed E-state index contributed by atoms with van der Waals surface area (Å²) in [6.45, 7) is 0. The van der Waals surface area contributed by atoms with E-state index < -0.39 is 5.91 Å². The van der Waals surface area contributed by atoms with Gasteiger partial charge in [0.2, 0.25) is 0 Å². The molecule has 1 amide bonds. The lowest BCUT2D eigenvalue weighted by Gasteiger charge is -1.93. The van der Waals surface area contributed by atoms with Gasteiger partial charge in [0.05, 0.1) is 10.7 Å². The van der Waals surface area contributed by atoms with Crippen LogP contribution >= 0.6 is 38.5 Å². The predicted molar refractivity (Wildman–Crippen MR) is 90.4 cm³/mol. The lowest BCUT2D eigenvalue weighted by atomic mass is 10.2. The molecule has 1 aromatic carbocycles. The molecule has 5 nitrogen and oxygen atoms in total. The van der Waals surface area contributed by atoms with E-state index in [1.54, 1.807) is 18.2 Å². The van der Waals surface area contributed by atoms with E-state index in [0.717, 1.165) is 13.6 Å². The molecule has 0 saturated heterocycles. The van der Waals surface area contributed by atoms with Crippen LogP contribution in [0, 0.1) is 3.77 Å². The number of furan rings is 2. The van der Waals surface area contributed by atoms with Gasteiger partial charge >= 0.3 is 5.91 Å². The van der Waals surface area contributed by atoms with Gasteiger partial charge in [-0.05, 0) is 28.1 Å². The highest BCUT2D eigenvalue weighted by Crippen LogP contribution is 2.22. The van der Waals surface area contributed by atoms with Crippen molar-refractivity contribution in [1.29, 1.82) is 0 Å². The summed E-state index contributed by atoms with van der Waals surface area (Å²) >= 11 is 5.38. The Labute approximate surface area is 141 Å². The van der Waals surface area contributed by atoms with Crippen molar-refractivity contribution in [2.45, 2.75) is 0 Å². The number of hydrogen-bond acceptors (Lipinski definition) is 4. The van der Waals surface area contributed by atoms with E-state index in [1.165, 1.54) is 6.21 Å². The van der Waals surface area contributed by atoms with Gasteiger partial charge in [-0.2, -0.15) is 5.10 Å². The summed E-state index contributed by atoms with van der Waals surface area (Å²) in [7, 11) is 0. The van der Waals surface area contributed by atoms with Crippen molar-refractivity contribution in [3.8, 4) is 0 Å². The van der Waals surface area contributed by atoms with Crippen LogP contribution in [0.25, 0.3) is 11.0 Å². The number of rotatable bonds is 3. The topological polar surface area (TPSA) is 67.7 Å². The highest BCUT2D eigenvalue weighted by molar-refractivity contribution is 14.1. The van der Waals surface area contributed by atoms with Crippen LogP contribution in [0.15, 0.2) is 54.8 Å². The number of amides is 1. The molecule has 1 N–H and O–H groups in total. The smallest absolute Gasteiger partial charge is 0.307 e. The third kappa shape index (κ3) is 3.18. The summed E-state index contributed by atoms with van der Waals surface area (Å²) in [6.07, 6.45) is 1.42. The zero-order chi connectivity index (χ0) is 14.8. The van der Waals surface area contributed by atoms with Crippen LogP contribution in [-0.4, -0.2) is 12.1 Å². The van der Waals surface area contributed by atoms with Gasteiger partial charge in [0.15, 0.2) is 9.53 Å². The van der Waals surface area contributed by atoms with Crippen molar-refractivity contribution in [1.82, 2.24) is 5.43 Å². The van der Waals surface area contributed by atoms with Crippen molar-refractivity contribution in [2.24, 2.45) is 5.10 Å². The van der Waals surface area contributed by atoms with Gasteiger partial charge < -0.3 is 8.83 Å². The van der Waals surface area contributed by atoms with E-state index in [2.05, 4.69) is 26.5 Å².